The molecule has 0 unspecified atom stereocenters. The Kier molecular flexibility index (Phi) is 7.81. The molecule has 0 saturated heterocycles. The van der Waals surface area contributed by atoms with Crippen LogP contribution in [0.2, 0.25) is 0 Å². The first-order chi connectivity index (χ1) is 11.3. The van der Waals surface area contributed by atoms with E-state index in [1.807, 2.05) is 26.0 Å². The fourth-order valence-corrected chi connectivity index (χ4v) is 2.60. The van der Waals surface area contributed by atoms with Crippen molar-refractivity contribution in [2.45, 2.75) is 33.2 Å². The lowest BCUT2D eigenvalue weighted by Gasteiger charge is -2.27. The Hall–Kier alpha value is -1.68. The maximum absolute atomic E-state index is 5.72. The van der Waals surface area contributed by atoms with Crippen molar-refractivity contribution in [3.63, 3.8) is 0 Å². The van der Waals surface area contributed by atoms with Crippen LogP contribution in [0, 0.1) is 0 Å². The van der Waals surface area contributed by atoms with E-state index in [1.54, 1.807) is 0 Å². The zero-order valence-electron chi connectivity index (χ0n) is 14.2. The van der Waals surface area contributed by atoms with E-state index in [1.165, 1.54) is 11.1 Å². The van der Waals surface area contributed by atoms with Gasteiger partial charge in [0.05, 0.1) is 6.54 Å². The third kappa shape index (κ3) is 6.53. The standard InChI is InChI=1S/C20H27NO2/c1-3-22-20(23-4-2)17-21(15-18-11-7-5-8-12-18)16-19-13-9-6-10-14-19/h5-14,20H,3-4,15-17H2,1-2H3. The lowest BCUT2D eigenvalue weighted by atomic mass is 10.1. The van der Waals surface area contributed by atoms with Gasteiger partial charge < -0.3 is 9.47 Å². The van der Waals surface area contributed by atoms with E-state index in [0.29, 0.717) is 13.2 Å². The molecule has 0 bridgehead atoms. The largest absolute Gasteiger partial charge is 0.352 e. The van der Waals surface area contributed by atoms with Crippen LogP contribution in [-0.2, 0) is 22.6 Å². The molecule has 0 N–H and O–H groups in total. The highest BCUT2D eigenvalue weighted by atomic mass is 16.7. The van der Waals surface area contributed by atoms with Gasteiger partial charge >= 0.3 is 0 Å². The Labute approximate surface area is 139 Å². The highest BCUT2D eigenvalue weighted by Crippen LogP contribution is 2.12. The van der Waals surface area contributed by atoms with Crippen LogP contribution in [0.25, 0.3) is 0 Å². The minimum atomic E-state index is -0.183. The Morgan fingerprint density at radius 3 is 1.57 bits per heavy atom. The van der Waals surface area contributed by atoms with Gasteiger partial charge in [-0.3, -0.25) is 4.90 Å². The molecule has 0 spiro atoms. The topological polar surface area (TPSA) is 21.7 Å². The van der Waals surface area contributed by atoms with Gasteiger partial charge in [0, 0.05) is 26.3 Å². The van der Waals surface area contributed by atoms with E-state index in [-0.39, 0.29) is 6.29 Å². The van der Waals surface area contributed by atoms with E-state index in [2.05, 4.69) is 53.4 Å². The second kappa shape index (κ2) is 10.2. The van der Waals surface area contributed by atoms with Crippen molar-refractivity contribution in [2.75, 3.05) is 19.8 Å². The van der Waals surface area contributed by atoms with Gasteiger partial charge in [-0.25, -0.2) is 0 Å². The van der Waals surface area contributed by atoms with Crippen molar-refractivity contribution < 1.29 is 9.47 Å². The normalized spacial score (nSPS) is 11.3. The van der Waals surface area contributed by atoms with Crippen LogP contribution >= 0.6 is 0 Å². The minimum absolute atomic E-state index is 0.183. The fourth-order valence-electron chi connectivity index (χ4n) is 2.60. The van der Waals surface area contributed by atoms with Crippen LogP contribution in [0.3, 0.4) is 0 Å². The molecule has 0 amide bonds. The molecule has 2 aromatic rings. The maximum atomic E-state index is 5.72. The smallest absolute Gasteiger partial charge is 0.170 e. The third-order valence-corrected chi connectivity index (χ3v) is 3.61. The molecule has 0 radical (unpaired) electrons. The number of hydrogen-bond acceptors (Lipinski definition) is 3. The first-order valence-electron chi connectivity index (χ1n) is 8.35. The number of rotatable bonds is 10. The first kappa shape index (κ1) is 17.7. The monoisotopic (exact) mass is 313 g/mol. The van der Waals surface area contributed by atoms with E-state index in [0.717, 1.165) is 19.6 Å². The van der Waals surface area contributed by atoms with Crippen molar-refractivity contribution in [2.24, 2.45) is 0 Å². The predicted octanol–water partition coefficient (Wildman–Crippen LogP) is 4.09. The molecule has 0 aliphatic carbocycles. The van der Waals surface area contributed by atoms with Crippen LogP contribution < -0.4 is 0 Å². The summed E-state index contributed by atoms with van der Waals surface area (Å²) in [6.07, 6.45) is -0.183. The van der Waals surface area contributed by atoms with Crippen molar-refractivity contribution in [1.29, 1.82) is 0 Å². The second-order valence-corrected chi connectivity index (χ2v) is 5.48. The van der Waals surface area contributed by atoms with E-state index in [4.69, 9.17) is 9.47 Å². The Bertz CT molecular complexity index is 482. The lowest BCUT2D eigenvalue weighted by Crippen LogP contribution is -2.35. The number of ether oxygens (including phenoxy) is 2. The lowest BCUT2D eigenvalue weighted by molar-refractivity contribution is -0.148. The summed E-state index contributed by atoms with van der Waals surface area (Å²) in [5.74, 6) is 0. The molecule has 0 aromatic heterocycles. The number of hydrogen-bond donors (Lipinski definition) is 0. The molecule has 0 saturated carbocycles. The summed E-state index contributed by atoms with van der Waals surface area (Å²) in [5.41, 5.74) is 2.60. The van der Waals surface area contributed by atoms with Crippen LogP contribution in [-0.4, -0.2) is 30.9 Å². The van der Waals surface area contributed by atoms with Gasteiger partial charge in [0.1, 0.15) is 0 Å². The Morgan fingerprint density at radius 1 is 0.739 bits per heavy atom. The molecule has 124 valence electrons. The summed E-state index contributed by atoms with van der Waals surface area (Å²) in [5, 5.41) is 0. The van der Waals surface area contributed by atoms with Crippen molar-refractivity contribution >= 4 is 0 Å². The molecular weight excluding hydrogens is 286 g/mol. The summed E-state index contributed by atoms with van der Waals surface area (Å²) in [7, 11) is 0. The van der Waals surface area contributed by atoms with Crippen LogP contribution in [0.4, 0.5) is 0 Å². The highest BCUT2D eigenvalue weighted by Gasteiger charge is 2.15. The molecule has 2 rings (SSSR count). The minimum Gasteiger partial charge on any atom is -0.352 e. The summed E-state index contributed by atoms with van der Waals surface area (Å²) < 4.78 is 11.4. The van der Waals surface area contributed by atoms with Crippen molar-refractivity contribution in [3.8, 4) is 0 Å². The first-order valence-corrected chi connectivity index (χ1v) is 8.35. The highest BCUT2D eigenvalue weighted by molar-refractivity contribution is 5.17. The van der Waals surface area contributed by atoms with Gasteiger partial charge in [-0.15, -0.1) is 0 Å². The Morgan fingerprint density at radius 2 is 1.17 bits per heavy atom. The van der Waals surface area contributed by atoms with Crippen LogP contribution in [0.5, 0.6) is 0 Å². The molecule has 0 fully saturated rings. The molecule has 0 atom stereocenters. The maximum Gasteiger partial charge on any atom is 0.170 e. The van der Waals surface area contributed by atoms with E-state index >= 15 is 0 Å². The van der Waals surface area contributed by atoms with Crippen molar-refractivity contribution in [3.05, 3.63) is 71.8 Å². The molecule has 3 heteroatoms. The van der Waals surface area contributed by atoms with Crippen LogP contribution in [0.1, 0.15) is 25.0 Å². The zero-order chi connectivity index (χ0) is 16.3. The molecule has 3 nitrogen and oxygen atoms in total. The SMILES string of the molecule is CCOC(CN(Cc1ccccc1)Cc1ccccc1)OCC. The van der Waals surface area contributed by atoms with Gasteiger partial charge in [-0.1, -0.05) is 60.7 Å². The molecular formula is C20H27NO2. The molecule has 0 heterocycles. The zero-order valence-corrected chi connectivity index (χ0v) is 14.2. The summed E-state index contributed by atoms with van der Waals surface area (Å²) in [6, 6.07) is 21.1. The summed E-state index contributed by atoms with van der Waals surface area (Å²) >= 11 is 0. The number of benzene rings is 2. The second-order valence-electron chi connectivity index (χ2n) is 5.48. The average Bonchev–Trinajstić information content (AvgIpc) is 2.57. The molecule has 23 heavy (non-hydrogen) atoms. The molecule has 2 aromatic carbocycles. The van der Waals surface area contributed by atoms with Gasteiger partial charge in [-0.2, -0.15) is 0 Å². The summed E-state index contributed by atoms with van der Waals surface area (Å²) in [4.78, 5) is 2.38. The van der Waals surface area contributed by atoms with Crippen LogP contribution in [0.15, 0.2) is 60.7 Å². The third-order valence-electron chi connectivity index (χ3n) is 3.61. The van der Waals surface area contributed by atoms with E-state index in [9.17, 15) is 0 Å². The fraction of sp³-hybridized carbons (Fsp3) is 0.400. The van der Waals surface area contributed by atoms with Gasteiger partial charge in [0.15, 0.2) is 6.29 Å². The summed E-state index contributed by atoms with van der Waals surface area (Å²) in [6.45, 7) is 7.85. The predicted molar refractivity (Wildman–Crippen MR) is 94.0 cm³/mol. The average molecular weight is 313 g/mol. The van der Waals surface area contributed by atoms with Gasteiger partial charge in [-0.05, 0) is 25.0 Å². The Balaban J connectivity index is 2.06. The van der Waals surface area contributed by atoms with E-state index < -0.39 is 0 Å². The van der Waals surface area contributed by atoms with Crippen molar-refractivity contribution in [1.82, 2.24) is 4.90 Å². The van der Waals surface area contributed by atoms with Gasteiger partial charge in [0.2, 0.25) is 0 Å². The molecule has 0 aliphatic heterocycles. The van der Waals surface area contributed by atoms with Gasteiger partial charge in [0.25, 0.3) is 0 Å². The molecule has 0 aliphatic rings. The quantitative estimate of drug-likeness (QED) is 0.617. The number of nitrogens with zero attached hydrogens (tertiary/aromatic N) is 1.